The quantitative estimate of drug-likeness (QED) is 0.644. The summed E-state index contributed by atoms with van der Waals surface area (Å²) in [5, 5.41) is 13.1. The summed E-state index contributed by atoms with van der Waals surface area (Å²) >= 11 is 5.78. The van der Waals surface area contributed by atoms with Gasteiger partial charge in [0, 0.05) is 6.21 Å². The molecule has 2 aromatic carbocycles. The van der Waals surface area contributed by atoms with Gasteiger partial charge in [-0.15, -0.1) is 0 Å². The smallest absolute Gasteiger partial charge is 0.337 e. The van der Waals surface area contributed by atoms with E-state index in [1.165, 1.54) is 12.1 Å². The van der Waals surface area contributed by atoms with Gasteiger partial charge in [-0.2, -0.15) is 5.10 Å². The fraction of sp³-hybridized carbons (Fsp3) is 0. The number of hydrogen-bond acceptors (Lipinski definition) is 3. The predicted octanol–water partition coefficient (Wildman–Crippen LogP) is 4.15. The number of carboxylic acids is 1. The molecule has 0 aromatic heterocycles. The summed E-state index contributed by atoms with van der Waals surface area (Å²) in [7, 11) is 0. The van der Waals surface area contributed by atoms with Crippen LogP contribution >= 0.6 is 11.6 Å². The van der Waals surface area contributed by atoms with Crippen LogP contribution in [0, 0.1) is 0 Å². The Morgan fingerprint density at radius 1 is 1.19 bits per heavy atom. The molecule has 0 unspecified atom stereocenters. The minimum atomic E-state index is -1.07. The van der Waals surface area contributed by atoms with Gasteiger partial charge in [-0.3, -0.25) is 5.43 Å². The highest BCUT2D eigenvalue weighted by Crippen LogP contribution is 2.20. The predicted molar refractivity (Wildman–Crippen MR) is 86.0 cm³/mol. The Morgan fingerprint density at radius 3 is 2.67 bits per heavy atom. The van der Waals surface area contributed by atoms with E-state index in [-0.39, 0.29) is 10.6 Å². The second-order valence-corrected chi connectivity index (χ2v) is 4.57. The van der Waals surface area contributed by atoms with Crippen LogP contribution in [0.25, 0.3) is 6.08 Å². The van der Waals surface area contributed by atoms with Gasteiger partial charge in [-0.05, 0) is 29.8 Å². The largest absolute Gasteiger partial charge is 0.478 e. The van der Waals surface area contributed by atoms with E-state index >= 15 is 0 Å². The van der Waals surface area contributed by atoms with E-state index in [0.29, 0.717) is 5.69 Å². The van der Waals surface area contributed by atoms with Crippen LogP contribution in [0.15, 0.2) is 59.7 Å². The average molecular weight is 301 g/mol. The number of nitrogens with zero attached hydrogens (tertiary/aromatic N) is 1. The molecule has 106 valence electrons. The highest BCUT2D eigenvalue weighted by molar-refractivity contribution is 6.33. The maximum atomic E-state index is 10.9. The van der Waals surface area contributed by atoms with Gasteiger partial charge in [0.15, 0.2) is 0 Å². The molecular formula is C16H13ClN2O2. The monoisotopic (exact) mass is 300 g/mol. The standard InChI is InChI=1S/C16H13ClN2O2/c17-15-9-8-13(11-14(15)16(20)21)19-18-10-4-7-12-5-2-1-3-6-12/h1-11,19H,(H,20,21). The molecule has 0 aliphatic rings. The van der Waals surface area contributed by atoms with Crippen LogP contribution in [-0.2, 0) is 0 Å². The van der Waals surface area contributed by atoms with Gasteiger partial charge in [0.1, 0.15) is 0 Å². The van der Waals surface area contributed by atoms with Crippen molar-refractivity contribution in [2.75, 3.05) is 5.43 Å². The maximum absolute atomic E-state index is 10.9. The normalized spacial score (nSPS) is 11.1. The number of rotatable bonds is 5. The van der Waals surface area contributed by atoms with E-state index in [0.717, 1.165) is 5.56 Å². The van der Waals surface area contributed by atoms with Crippen molar-refractivity contribution < 1.29 is 9.90 Å². The molecular weight excluding hydrogens is 288 g/mol. The molecule has 0 radical (unpaired) electrons. The Bertz CT molecular complexity index is 682. The minimum absolute atomic E-state index is 0.0386. The second kappa shape index (κ2) is 7.26. The fourth-order valence-electron chi connectivity index (χ4n) is 1.63. The Labute approximate surface area is 127 Å². The Hall–Kier alpha value is -2.59. The van der Waals surface area contributed by atoms with Gasteiger partial charge >= 0.3 is 5.97 Å². The first-order chi connectivity index (χ1) is 10.2. The zero-order chi connectivity index (χ0) is 15.1. The molecule has 0 aliphatic heterocycles. The summed E-state index contributed by atoms with van der Waals surface area (Å²) in [6.45, 7) is 0. The van der Waals surface area contributed by atoms with Crippen LogP contribution in [-0.4, -0.2) is 17.3 Å². The van der Waals surface area contributed by atoms with Crippen molar-refractivity contribution in [3.8, 4) is 0 Å². The molecule has 0 saturated heterocycles. The van der Waals surface area contributed by atoms with Gasteiger partial charge < -0.3 is 5.11 Å². The van der Waals surface area contributed by atoms with Crippen LogP contribution in [0.1, 0.15) is 15.9 Å². The lowest BCUT2D eigenvalue weighted by atomic mass is 10.2. The van der Waals surface area contributed by atoms with E-state index in [2.05, 4.69) is 10.5 Å². The molecule has 0 atom stereocenters. The van der Waals surface area contributed by atoms with E-state index in [9.17, 15) is 4.79 Å². The molecule has 0 heterocycles. The maximum Gasteiger partial charge on any atom is 0.337 e. The van der Waals surface area contributed by atoms with E-state index in [1.807, 2.05) is 36.4 Å². The number of nitrogens with one attached hydrogen (secondary N) is 1. The van der Waals surface area contributed by atoms with Crippen LogP contribution in [0.3, 0.4) is 0 Å². The zero-order valence-electron chi connectivity index (χ0n) is 11.0. The summed E-state index contributed by atoms with van der Waals surface area (Å²) in [6, 6.07) is 14.4. The molecule has 4 nitrogen and oxygen atoms in total. The Balaban J connectivity index is 1.97. The molecule has 0 bridgehead atoms. The third-order valence-electron chi connectivity index (χ3n) is 2.64. The summed E-state index contributed by atoms with van der Waals surface area (Å²) < 4.78 is 0. The highest BCUT2D eigenvalue weighted by Gasteiger charge is 2.08. The SMILES string of the molecule is O=C(O)c1cc(NN=CC=Cc2ccccc2)ccc1Cl. The lowest BCUT2D eigenvalue weighted by molar-refractivity contribution is 0.0697. The molecule has 2 N–H and O–H groups in total. The first-order valence-corrected chi connectivity index (χ1v) is 6.58. The topological polar surface area (TPSA) is 61.7 Å². The fourth-order valence-corrected chi connectivity index (χ4v) is 1.83. The summed E-state index contributed by atoms with van der Waals surface area (Å²) in [5.74, 6) is -1.07. The van der Waals surface area contributed by atoms with Crippen LogP contribution in [0.4, 0.5) is 5.69 Å². The van der Waals surface area contributed by atoms with E-state index in [4.69, 9.17) is 16.7 Å². The highest BCUT2D eigenvalue weighted by atomic mass is 35.5. The summed E-state index contributed by atoms with van der Waals surface area (Å²) in [5.41, 5.74) is 4.42. The molecule has 0 spiro atoms. The lowest BCUT2D eigenvalue weighted by Crippen LogP contribution is -1.99. The van der Waals surface area contributed by atoms with Gasteiger partial charge in [0.05, 0.1) is 16.3 Å². The zero-order valence-corrected chi connectivity index (χ0v) is 11.8. The number of carboxylic acid groups (broad SMARTS) is 1. The Morgan fingerprint density at radius 2 is 1.95 bits per heavy atom. The minimum Gasteiger partial charge on any atom is -0.478 e. The van der Waals surface area contributed by atoms with E-state index in [1.54, 1.807) is 18.4 Å². The lowest BCUT2D eigenvalue weighted by Gasteiger charge is -2.03. The molecule has 0 fully saturated rings. The van der Waals surface area contributed by atoms with Gasteiger partial charge in [-0.25, -0.2) is 4.79 Å². The van der Waals surface area contributed by atoms with Crippen molar-refractivity contribution in [1.82, 2.24) is 0 Å². The number of hydrazone groups is 1. The van der Waals surface area contributed by atoms with Crippen LogP contribution in [0.5, 0.6) is 0 Å². The third kappa shape index (κ3) is 4.47. The molecule has 5 heteroatoms. The number of anilines is 1. The average Bonchev–Trinajstić information content (AvgIpc) is 2.49. The molecule has 0 aliphatic carbocycles. The van der Waals surface area contributed by atoms with Crippen molar-refractivity contribution in [2.45, 2.75) is 0 Å². The van der Waals surface area contributed by atoms with Crippen molar-refractivity contribution in [1.29, 1.82) is 0 Å². The van der Waals surface area contributed by atoms with E-state index < -0.39 is 5.97 Å². The van der Waals surface area contributed by atoms with Crippen LogP contribution < -0.4 is 5.43 Å². The first-order valence-electron chi connectivity index (χ1n) is 6.20. The van der Waals surface area contributed by atoms with Crippen LogP contribution in [0.2, 0.25) is 5.02 Å². The molecule has 2 aromatic rings. The van der Waals surface area contributed by atoms with Crippen molar-refractivity contribution >= 4 is 35.5 Å². The van der Waals surface area contributed by atoms with Gasteiger partial charge in [0.25, 0.3) is 0 Å². The van der Waals surface area contributed by atoms with Crippen molar-refractivity contribution in [3.63, 3.8) is 0 Å². The third-order valence-corrected chi connectivity index (χ3v) is 2.97. The number of allylic oxidation sites excluding steroid dienone is 1. The number of carbonyl (C=O) groups is 1. The number of benzene rings is 2. The van der Waals surface area contributed by atoms with Crippen molar-refractivity contribution in [2.24, 2.45) is 5.10 Å². The molecule has 0 saturated carbocycles. The molecule has 0 amide bonds. The van der Waals surface area contributed by atoms with Gasteiger partial charge in [0.2, 0.25) is 0 Å². The summed E-state index contributed by atoms with van der Waals surface area (Å²) in [4.78, 5) is 10.9. The first kappa shape index (κ1) is 14.8. The van der Waals surface area contributed by atoms with Gasteiger partial charge in [-0.1, -0.05) is 48.0 Å². The second-order valence-electron chi connectivity index (χ2n) is 4.16. The molecule has 21 heavy (non-hydrogen) atoms. The summed E-state index contributed by atoms with van der Waals surface area (Å²) in [6.07, 6.45) is 5.29. The number of aromatic carboxylic acids is 1. The number of halogens is 1. The Kier molecular flexibility index (Phi) is 5.12. The van der Waals surface area contributed by atoms with Crippen molar-refractivity contribution in [3.05, 3.63) is 70.8 Å². The number of hydrogen-bond donors (Lipinski definition) is 2. The molecule has 2 rings (SSSR count).